The fourth-order valence-corrected chi connectivity index (χ4v) is 4.42. The molecule has 1 aliphatic heterocycles. The number of aliphatic hydroxyl groups excluding tert-OH is 2. The summed E-state index contributed by atoms with van der Waals surface area (Å²) >= 11 is 0. The summed E-state index contributed by atoms with van der Waals surface area (Å²) in [6.07, 6.45) is -6.28. The fraction of sp³-hybridized carbons (Fsp3) is 0.692. The van der Waals surface area contributed by atoms with Gasteiger partial charge in [0, 0.05) is 51.9 Å². The number of carbonyl (C=O) groups is 2. The largest absolute Gasteiger partial charge is 0.416 e. The number of methoxy groups -OCH3 is 1. The highest BCUT2D eigenvalue weighted by molar-refractivity contribution is 5.94. The van der Waals surface area contributed by atoms with Gasteiger partial charge >= 0.3 is 6.18 Å². The number of alkyl halides is 3. The molecule has 0 radical (unpaired) electrons. The number of hydrogen-bond donors (Lipinski definition) is 2. The first-order valence-corrected chi connectivity index (χ1v) is 12.6. The van der Waals surface area contributed by atoms with Crippen LogP contribution in [-0.4, -0.2) is 96.1 Å². The molecule has 1 heterocycles. The molecular weight excluding hydrogens is 493 g/mol. The van der Waals surface area contributed by atoms with Crippen LogP contribution in [0.5, 0.6) is 0 Å². The smallest absolute Gasteiger partial charge is 0.388 e. The Morgan fingerprint density at radius 2 is 1.78 bits per heavy atom. The lowest BCUT2D eigenvalue weighted by Crippen LogP contribution is -2.53. The van der Waals surface area contributed by atoms with E-state index in [1.165, 1.54) is 31.1 Å². The molecule has 1 aromatic carbocycles. The Morgan fingerprint density at radius 1 is 1.14 bits per heavy atom. The second-order valence-electron chi connectivity index (χ2n) is 9.90. The summed E-state index contributed by atoms with van der Waals surface area (Å²) < 4.78 is 50.0. The standard InChI is InChI=1S/C26H39F3N2O6/c1-17(2)13-21-14-30(18(3)32)15-23(36-4)24(34)22(33)16-37-12-6-5-11-31(21)25(35)19-7-9-20(10-8-19)26(27,28)29/h7-10,17,21-24,33-34H,5-6,11-16H2,1-4H3/t21-,22-,23-,24-/m1/s1. The maximum Gasteiger partial charge on any atom is 0.416 e. The highest BCUT2D eigenvalue weighted by Gasteiger charge is 2.34. The van der Waals surface area contributed by atoms with Crippen molar-refractivity contribution >= 4 is 11.8 Å². The van der Waals surface area contributed by atoms with Gasteiger partial charge < -0.3 is 29.5 Å². The van der Waals surface area contributed by atoms with E-state index in [4.69, 9.17) is 9.47 Å². The predicted octanol–water partition coefficient (Wildman–Crippen LogP) is 2.96. The minimum Gasteiger partial charge on any atom is -0.388 e. The molecule has 0 saturated carbocycles. The molecule has 1 saturated heterocycles. The number of ether oxygens (including phenoxy) is 2. The van der Waals surface area contributed by atoms with Crippen LogP contribution >= 0.6 is 0 Å². The molecule has 0 bridgehead atoms. The number of amides is 2. The zero-order chi connectivity index (χ0) is 27.8. The van der Waals surface area contributed by atoms with Gasteiger partial charge in [0.05, 0.1) is 12.2 Å². The molecule has 210 valence electrons. The minimum absolute atomic E-state index is 0.0268. The SMILES string of the molecule is CO[C@@H]1CN(C(C)=O)C[C@@H](CC(C)C)N(C(=O)c2ccc(C(F)(F)F)cc2)CCCCOC[C@@H](O)[C@H]1O. The van der Waals surface area contributed by atoms with E-state index in [0.717, 1.165) is 12.1 Å². The molecule has 1 aromatic rings. The van der Waals surface area contributed by atoms with Crippen LogP contribution < -0.4 is 0 Å². The Balaban J connectivity index is 2.42. The van der Waals surface area contributed by atoms with Crippen LogP contribution in [0, 0.1) is 5.92 Å². The lowest BCUT2D eigenvalue weighted by atomic mass is 9.99. The van der Waals surface area contributed by atoms with Crippen molar-refractivity contribution in [3.8, 4) is 0 Å². The van der Waals surface area contributed by atoms with E-state index < -0.39 is 42.0 Å². The molecule has 2 N–H and O–H groups in total. The van der Waals surface area contributed by atoms with Crippen LogP contribution in [0.25, 0.3) is 0 Å². The topological polar surface area (TPSA) is 99.5 Å². The number of benzene rings is 1. The summed E-state index contributed by atoms with van der Waals surface area (Å²) in [5.41, 5.74) is -0.711. The molecule has 11 heteroatoms. The van der Waals surface area contributed by atoms with Crippen LogP contribution in [0.1, 0.15) is 56.0 Å². The highest BCUT2D eigenvalue weighted by atomic mass is 19.4. The Labute approximate surface area is 216 Å². The second-order valence-corrected chi connectivity index (χ2v) is 9.90. The van der Waals surface area contributed by atoms with Crippen LogP contribution in [0.4, 0.5) is 13.2 Å². The van der Waals surface area contributed by atoms with Crippen molar-refractivity contribution in [2.24, 2.45) is 5.92 Å². The van der Waals surface area contributed by atoms with Crippen molar-refractivity contribution in [1.82, 2.24) is 9.80 Å². The maximum absolute atomic E-state index is 13.6. The number of hydrogen-bond acceptors (Lipinski definition) is 6. The Morgan fingerprint density at radius 3 is 2.32 bits per heavy atom. The molecule has 4 atom stereocenters. The number of carbonyl (C=O) groups excluding carboxylic acids is 2. The first kappa shape index (κ1) is 31.0. The van der Waals surface area contributed by atoms with E-state index in [0.29, 0.717) is 25.8 Å². The van der Waals surface area contributed by atoms with E-state index in [1.807, 2.05) is 13.8 Å². The highest BCUT2D eigenvalue weighted by Crippen LogP contribution is 2.29. The summed E-state index contributed by atoms with van der Waals surface area (Å²) in [6.45, 7) is 5.93. The number of aliphatic hydroxyl groups is 2. The van der Waals surface area contributed by atoms with Gasteiger partial charge in [-0.3, -0.25) is 9.59 Å². The van der Waals surface area contributed by atoms with Crippen LogP contribution in [0.15, 0.2) is 24.3 Å². The van der Waals surface area contributed by atoms with Crippen molar-refractivity contribution < 1.29 is 42.4 Å². The fourth-order valence-electron chi connectivity index (χ4n) is 4.42. The lowest BCUT2D eigenvalue weighted by molar-refractivity contribution is -0.138. The normalized spacial score (nSPS) is 25.1. The zero-order valence-electron chi connectivity index (χ0n) is 21.9. The van der Waals surface area contributed by atoms with Gasteiger partial charge in [-0.2, -0.15) is 13.2 Å². The van der Waals surface area contributed by atoms with Crippen molar-refractivity contribution in [3.05, 3.63) is 35.4 Å². The maximum atomic E-state index is 13.6. The van der Waals surface area contributed by atoms with Crippen molar-refractivity contribution in [2.45, 2.75) is 70.6 Å². The zero-order valence-corrected chi connectivity index (χ0v) is 21.9. The molecule has 1 fully saturated rings. The van der Waals surface area contributed by atoms with Gasteiger partial charge in [0.1, 0.15) is 18.3 Å². The summed E-state index contributed by atoms with van der Waals surface area (Å²) in [6, 6.07) is 3.68. The first-order valence-electron chi connectivity index (χ1n) is 12.6. The monoisotopic (exact) mass is 532 g/mol. The molecule has 0 aliphatic carbocycles. The predicted molar refractivity (Wildman–Crippen MR) is 131 cm³/mol. The van der Waals surface area contributed by atoms with Gasteiger partial charge in [-0.05, 0) is 49.4 Å². The average molecular weight is 533 g/mol. The van der Waals surface area contributed by atoms with Crippen molar-refractivity contribution in [2.75, 3.05) is 40.0 Å². The van der Waals surface area contributed by atoms with Gasteiger partial charge in [0.15, 0.2) is 0 Å². The van der Waals surface area contributed by atoms with Crippen molar-refractivity contribution in [1.29, 1.82) is 0 Å². The Hall–Kier alpha value is -2.21. The first-order chi connectivity index (χ1) is 17.3. The molecule has 0 aromatic heterocycles. The lowest BCUT2D eigenvalue weighted by Gasteiger charge is -2.38. The van der Waals surface area contributed by atoms with Crippen LogP contribution in [-0.2, 0) is 20.4 Å². The number of halogens is 3. The molecule has 0 unspecified atom stereocenters. The van der Waals surface area contributed by atoms with E-state index in [1.54, 1.807) is 4.90 Å². The minimum atomic E-state index is -4.51. The van der Waals surface area contributed by atoms with Gasteiger partial charge in [0.25, 0.3) is 5.91 Å². The summed E-state index contributed by atoms with van der Waals surface area (Å²) in [5.74, 6) is -0.577. The average Bonchev–Trinajstić information content (AvgIpc) is 2.83. The van der Waals surface area contributed by atoms with Gasteiger partial charge in [-0.25, -0.2) is 0 Å². The van der Waals surface area contributed by atoms with E-state index in [-0.39, 0.29) is 43.7 Å². The molecule has 1 aliphatic rings. The van der Waals surface area contributed by atoms with Crippen molar-refractivity contribution in [3.63, 3.8) is 0 Å². The summed E-state index contributed by atoms with van der Waals surface area (Å²) in [5, 5.41) is 20.9. The van der Waals surface area contributed by atoms with Crippen LogP contribution in [0.3, 0.4) is 0 Å². The molecule has 2 rings (SSSR count). The summed E-state index contributed by atoms with van der Waals surface area (Å²) in [4.78, 5) is 29.3. The molecular formula is C26H39F3N2O6. The quantitative estimate of drug-likeness (QED) is 0.619. The third-order valence-corrected chi connectivity index (χ3v) is 6.49. The third kappa shape index (κ3) is 9.24. The third-order valence-electron chi connectivity index (χ3n) is 6.49. The molecule has 2 amide bonds. The van der Waals surface area contributed by atoms with Crippen LogP contribution in [0.2, 0.25) is 0 Å². The Bertz CT molecular complexity index is 865. The molecule has 0 spiro atoms. The molecule has 37 heavy (non-hydrogen) atoms. The van der Waals surface area contributed by atoms with Gasteiger partial charge in [-0.1, -0.05) is 13.8 Å². The number of nitrogens with zero attached hydrogens (tertiary/aromatic N) is 2. The number of rotatable bonds is 4. The second kappa shape index (κ2) is 14.1. The summed E-state index contributed by atoms with van der Waals surface area (Å²) in [7, 11) is 1.37. The van der Waals surface area contributed by atoms with Gasteiger partial charge in [-0.15, -0.1) is 0 Å². The molecule has 8 nitrogen and oxygen atoms in total. The van der Waals surface area contributed by atoms with Gasteiger partial charge in [0.2, 0.25) is 5.91 Å². The Kier molecular flexibility index (Phi) is 11.8. The van der Waals surface area contributed by atoms with E-state index in [2.05, 4.69) is 0 Å². The van der Waals surface area contributed by atoms with E-state index >= 15 is 0 Å². The van der Waals surface area contributed by atoms with E-state index in [9.17, 15) is 33.0 Å².